The monoisotopic (exact) mass is 346 g/mol. The molecule has 2 amide bonds. The lowest BCUT2D eigenvalue weighted by molar-refractivity contribution is -0.117. The van der Waals surface area contributed by atoms with Gasteiger partial charge in [-0.15, -0.1) is 0 Å². The summed E-state index contributed by atoms with van der Waals surface area (Å²) in [6.45, 7) is 0.460. The Labute approximate surface area is 143 Å². The minimum atomic E-state index is -0.668. The van der Waals surface area contributed by atoms with E-state index in [0.29, 0.717) is 23.1 Å². The minimum Gasteiger partial charge on any atom is -0.489 e. The van der Waals surface area contributed by atoms with E-state index in [2.05, 4.69) is 15.4 Å². The van der Waals surface area contributed by atoms with Crippen molar-refractivity contribution in [3.63, 3.8) is 0 Å². The van der Waals surface area contributed by atoms with Gasteiger partial charge in [-0.3, -0.25) is 4.79 Å². The number of anilines is 1. The molecule has 1 aliphatic heterocycles. The largest absolute Gasteiger partial charge is 0.489 e. The summed E-state index contributed by atoms with van der Waals surface area (Å²) in [5, 5.41) is 5.81. The maximum Gasteiger partial charge on any atom is 0.407 e. The molecule has 1 fully saturated rings. The fourth-order valence-electron chi connectivity index (χ4n) is 2.14. The van der Waals surface area contributed by atoms with Gasteiger partial charge in [0.25, 0.3) is 5.91 Å². The molecule has 1 aliphatic rings. The Bertz CT molecular complexity index is 731. The van der Waals surface area contributed by atoms with Crippen LogP contribution in [-0.2, 0) is 16.1 Å². The lowest BCUT2D eigenvalue weighted by Gasteiger charge is -2.10. The molecule has 6 nitrogen and oxygen atoms in total. The maximum absolute atomic E-state index is 11.9. The van der Waals surface area contributed by atoms with Crippen LogP contribution < -0.4 is 15.4 Å². The number of hydrogen-bond acceptors (Lipinski definition) is 4. The first-order valence-electron chi connectivity index (χ1n) is 7.31. The SMILES string of the molecule is O=C1NC(C(=O)Nc2ccc(OCc3ccc(Cl)cc3)cc2)CO1. The number of nitrogens with one attached hydrogen (secondary N) is 2. The molecule has 2 aromatic carbocycles. The fraction of sp³-hybridized carbons (Fsp3) is 0.176. The highest BCUT2D eigenvalue weighted by atomic mass is 35.5. The quantitative estimate of drug-likeness (QED) is 0.872. The van der Waals surface area contributed by atoms with Crippen molar-refractivity contribution < 1.29 is 19.1 Å². The second-order valence-corrected chi connectivity index (χ2v) is 5.66. The number of carbonyl (C=O) groups excluding carboxylic acids is 2. The van der Waals surface area contributed by atoms with Crippen molar-refractivity contribution in [2.75, 3.05) is 11.9 Å². The number of hydrogen-bond donors (Lipinski definition) is 2. The zero-order valence-corrected chi connectivity index (χ0v) is 13.4. The van der Waals surface area contributed by atoms with Crippen LogP contribution in [0.4, 0.5) is 10.5 Å². The number of benzene rings is 2. The minimum absolute atomic E-state index is 0.0347. The number of halogens is 1. The molecule has 0 saturated carbocycles. The van der Waals surface area contributed by atoms with Crippen molar-refractivity contribution in [1.29, 1.82) is 0 Å². The molecule has 0 spiro atoms. The molecule has 2 N–H and O–H groups in total. The van der Waals surface area contributed by atoms with E-state index in [1.807, 2.05) is 24.3 Å². The summed E-state index contributed by atoms with van der Waals surface area (Å²) >= 11 is 5.84. The third-order valence-corrected chi connectivity index (χ3v) is 3.68. The summed E-state index contributed by atoms with van der Waals surface area (Å²) in [4.78, 5) is 22.9. The molecule has 0 aromatic heterocycles. The normalized spacial score (nSPS) is 16.2. The highest BCUT2D eigenvalue weighted by molar-refractivity contribution is 6.30. The lowest BCUT2D eigenvalue weighted by Crippen LogP contribution is -2.38. The van der Waals surface area contributed by atoms with E-state index in [-0.39, 0.29) is 12.5 Å². The zero-order valence-electron chi connectivity index (χ0n) is 12.6. The predicted molar refractivity (Wildman–Crippen MR) is 89.1 cm³/mol. The first kappa shape index (κ1) is 16.1. The van der Waals surface area contributed by atoms with Crippen molar-refractivity contribution in [3.8, 4) is 5.75 Å². The molecule has 2 aromatic rings. The lowest BCUT2D eigenvalue weighted by atomic mass is 10.2. The third kappa shape index (κ3) is 4.17. The van der Waals surface area contributed by atoms with Crippen molar-refractivity contribution >= 4 is 29.3 Å². The van der Waals surface area contributed by atoms with Crippen LogP contribution in [0.5, 0.6) is 5.75 Å². The highest BCUT2D eigenvalue weighted by Gasteiger charge is 2.28. The molecule has 1 heterocycles. The average Bonchev–Trinajstić information content (AvgIpc) is 3.02. The van der Waals surface area contributed by atoms with E-state index < -0.39 is 12.1 Å². The molecule has 124 valence electrons. The standard InChI is InChI=1S/C17H15ClN2O4/c18-12-3-1-11(2-4-12)9-23-14-7-5-13(6-8-14)19-16(21)15-10-24-17(22)20-15/h1-8,15H,9-10H2,(H,19,21)(H,20,22). The first-order chi connectivity index (χ1) is 11.6. The van der Waals surface area contributed by atoms with Crippen LogP contribution in [0.25, 0.3) is 0 Å². The van der Waals surface area contributed by atoms with Crippen LogP contribution in [0, 0.1) is 0 Å². The van der Waals surface area contributed by atoms with E-state index in [9.17, 15) is 9.59 Å². The summed E-state index contributed by atoms with van der Waals surface area (Å²) in [5.74, 6) is 0.358. The van der Waals surface area contributed by atoms with Gasteiger partial charge in [0.2, 0.25) is 0 Å². The van der Waals surface area contributed by atoms with Gasteiger partial charge in [-0.25, -0.2) is 4.79 Å². The Kier molecular flexibility index (Phi) is 4.86. The van der Waals surface area contributed by atoms with E-state index in [0.717, 1.165) is 5.56 Å². The highest BCUT2D eigenvalue weighted by Crippen LogP contribution is 2.18. The van der Waals surface area contributed by atoms with Crippen molar-refractivity contribution in [2.45, 2.75) is 12.6 Å². The molecule has 1 unspecified atom stereocenters. The van der Waals surface area contributed by atoms with Gasteiger partial charge in [0.15, 0.2) is 0 Å². The second-order valence-electron chi connectivity index (χ2n) is 5.22. The molecule has 1 atom stereocenters. The summed E-state index contributed by atoms with van der Waals surface area (Å²) < 4.78 is 10.4. The molecule has 7 heteroatoms. The molecule has 0 aliphatic carbocycles. The van der Waals surface area contributed by atoms with E-state index in [1.54, 1.807) is 24.3 Å². The van der Waals surface area contributed by atoms with Gasteiger partial charge in [-0.2, -0.15) is 0 Å². The maximum atomic E-state index is 11.9. The molecule has 24 heavy (non-hydrogen) atoms. The molecular weight excluding hydrogens is 332 g/mol. The van der Waals surface area contributed by atoms with Gasteiger partial charge >= 0.3 is 6.09 Å². The summed E-state index contributed by atoms with van der Waals surface area (Å²) in [6, 6.07) is 13.7. The number of ether oxygens (including phenoxy) is 2. The van der Waals surface area contributed by atoms with Crippen molar-refractivity contribution in [2.24, 2.45) is 0 Å². The molecule has 0 radical (unpaired) electrons. The van der Waals surface area contributed by atoms with Gasteiger partial charge in [-0.05, 0) is 42.0 Å². The topological polar surface area (TPSA) is 76.7 Å². The Morgan fingerprint density at radius 3 is 2.54 bits per heavy atom. The van der Waals surface area contributed by atoms with Gasteiger partial charge in [-0.1, -0.05) is 23.7 Å². The van der Waals surface area contributed by atoms with Gasteiger partial charge in [0.05, 0.1) is 0 Å². The van der Waals surface area contributed by atoms with Gasteiger partial charge in [0.1, 0.15) is 25.0 Å². The number of alkyl carbamates (subject to hydrolysis) is 1. The Morgan fingerprint density at radius 2 is 1.92 bits per heavy atom. The molecule has 0 bridgehead atoms. The van der Waals surface area contributed by atoms with Crippen LogP contribution >= 0.6 is 11.6 Å². The van der Waals surface area contributed by atoms with Crippen molar-refractivity contribution in [3.05, 3.63) is 59.1 Å². The summed E-state index contributed by atoms with van der Waals surface area (Å²) in [6.07, 6.45) is -0.582. The number of carbonyl (C=O) groups is 2. The molecular formula is C17H15ClN2O4. The van der Waals surface area contributed by atoms with E-state index in [4.69, 9.17) is 16.3 Å². The number of amides is 2. The van der Waals surface area contributed by atoms with Crippen LogP contribution in [0.15, 0.2) is 48.5 Å². The Hall–Kier alpha value is -2.73. The van der Waals surface area contributed by atoms with Gasteiger partial charge in [0, 0.05) is 10.7 Å². The molecule has 3 rings (SSSR count). The van der Waals surface area contributed by atoms with E-state index in [1.165, 1.54) is 0 Å². The average molecular weight is 347 g/mol. The fourth-order valence-corrected chi connectivity index (χ4v) is 2.26. The van der Waals surface area contributed by atoms with Crippen molar-refractivity contribution in [1.82, 2.24) is 5.32 Å². The number of cyclic esters (lactones) is 1. The predicted octanol–water partition coefficient (Wildman–Crippen LogP) is 2.97. The second kappa shape index (κ2) is 7.23. The van der Waals surface area contributed by atoms with Crippen LogP contribution in [0.1, 0.15) is 5.56 Å². The summed E-state index contributed by atoms with van der Waals surface area (Å²) in [5.41, 5.74) is 1.62. The Balaban J connectivity index is 1.52. The van der Waals surface area contributed by atoms with Gasteiger partial charge < -0.3 is 20.1 Å². The van der Waals surface area contributed by atoms with E-state index >= 15 is 0 Å². The first-order valence-corrected chi connectivity index (χ1v) is 7.69. The smallest absolute Gasteiger partial charge is 0.407 e. The summed E-state index contributed by atoms with van der Waals surface area (Å²) in [7, 11) is 0. The zero-order chi connectivity index (χ0) is 16.9. The van der Waals surface area contributed by atoms with Crippen LogP contribution in [0.2, 0.25) is 5.02 Å². The van der Waals surface area contributed by atoms with Crippen LogP contribution in [-0.4, -0.2) is 24.6 Å². The molecule has 1 saturated heterocycles. The Morgan fingerprint density at radius 1 is 1.21 bits per heavy atom. The van der Waals surface area contributed by atoms with Crippen LogP contribution in [0.3, 0.4) is 0 Å². The number of rotatable bonds is 5. The third-order valence-electron chi connectivity index (χ3n) is 3.43.